The molecule has 5 heteroatoms. The first kappa shape index (κ1) is 14.0. The second-order valence-electron chi connectivity index (χ2n) is 4.97. The molecule has 3 rings (SSSR count). The van der Waals surface area contributed by atoms with Crippen LogP contribution in [0.5, 0.6) is 0 Å². The van der Waals surface area contributed by atoms with E-state index in [2.05, 4.69) is 10.6 Å². The minimum Gasteiger partial charge on any atom is -0.322 e. The molecule has 108 valence electrons. The molecule has 0 saturated carbocycles. The summed E-state index contributed by atoms with van der Waals surface area (Å²) in [7, 11) is 0. The molecule has 0 radical (unpaired) electrons. The summed E-state index contributed by atoms with van der Waals surface area (Å²) in [6, 6.07) is 12.1. The number of benzene rings is 2. The molecule has 3 nitrogen and oxygen atoms in total. The molecule has 0 saturated heterocycles. The maximum absolute atomic E-state index is 13.8. The number of carbonyl (C=O) groups excluding carboxylic acids is 1. The second-order valence-corrected chi connectivity index (χ2v) is 5.38. The van der Waals surface area contributed by atoms with Gasteiger partial charge in [-0.05, 0) is 23.3 Å². The predicted molar refractivity (Wildman–Crippen MR) is 80.9 cm³/mol. The monoisotopic (exact) mass is 304 g/mol. The molecule has 1 aliphatic heterocycles. The Balaban J connectivity index is 1.87. The third-order valence-corrected chi connectivity index (χ3v) is 3.94. The topological polar surface area (TPSA) is 41.1 Å². The molecular formula is C16H14ClFN2O. The van der Waals surface area contributed by atoms with Crippen LogP contribution in [-0.2, 0) is 11.3 Å². The van der Waals surface area contributed by atoms with Crippen LogP contribution in [0.2, 0.25) is 5.02 Å². The van der Waals surface area contributed by atoms with Crippen LogP contribution in [0.4, 0.5) is 10.1 Å². The highest BCUT2D eigenvalue weighted by Crippen LogP contribution is 2.28. The molecule has 0 bridgehead atoms. The van der Waals surface area contributed by atoms with Crippen molar-refractivity contribution in [3.63, 3.8) is 0 Å². The zero-order valence-corrected chi connectivity index (χ0v) is 12.0. The van der Waals surface area contributed by atoms with E-state index in [4.69, 9.17) is 11.6 Å². The molecule has 1 unspecified atom stereocenters. The summed E-state index contributed by atoms with van der Waals surface area (Å²) in [6.07, 6.45) is 0. The van der Waals surface area contributed by atoms with E-state index in [0.717, 1.165) is 17.7 Å². The number of anilines is 1. The SMILES string of the molecule is O=C(Nc1c(F)cccc1Cl)C1CNCc2ccccc21. The Bertz CT molecular complexity index is 669. The minimum atomic E-state index is -0.534. The van der Waals surface area contributed by atoms with Crippen LogP contribution < -0.4 is 10.6 Å². The van der Waals surface area contributed by atoms with Crippen LogP contribution in [0.25, 0.3) is 0 Å². The van der Waals surface area contributed by atoms with Crippen LogP contribution in [0.1, 0.15) is 17.0 Å². The van der Waals surface area contributed by atoms with Crippen molar-refractivity contribution in [2.45, 2.75) is 12.5 Å². The van der Waals surface area contributed by atoms with Gasteiger partial charge in [-0.1, -0.05) is 41.9 Å². The zero-order chi connectivity index (χ0) is 14.8. The predicted octanol–water partition coefficient (Wildman–Crippen LogP) is 3.30. The van der Waals surface area contributed by atoms with Gasteiger partial charge in [0.1, 0.15) is 5.82 Å². The van der Waals surface area contributed by atoms with Gasteiger partial charge in [-0.15, -0.1) is 0 Å². The summed E-state index contributed by atoms with van der Waals surface area (Å²) in [5, 5.41) is 6.00. The molecule has 21 heavy (non-hydrogen) atoms. The molecular weight excluding hydrogens is 291 g/mol. The second kappa shape index (κ2) is 5.84. The molecule has 1 heterocycles. The normalized spacial score (nSPS) is 17.1. The zero-order valence-electron chi connectivity index (χ0n) is 11.2. The molecule has 0 aliphatic carbocycles. The van der Waals surface area contributed by atoms with E-state index in [1.807, 2.05) is 24.3 Å². The number of hydrogen-bond acceptors (Lipinski definition) is 2. The van der Waals surface area contributed by atoms with E-state index < -0.39 is 5.82 Å². The first-order chi connectivity index (χ1) is 10.2. The number of amides is 1. The number of rotatable bonds is 2. The number of fused-ring (bicyclic) bond motifs is 1. The Labute approximate surface area is 127 Å². The van der Waals surface area contributed by atoms with Gasteiger partial charge in [0.05, 0.1) is 16.6 Å². The van der Waals surface area contributed by atoms with Crippen molar-refractivity contribution < 1.29 is 9.18 Å². The van der Waals surface area contributed by atoms with Crippen LogP contribution >= 0.6 is 11.6 Å². The lowest BCUT2D eigenvalue weighted by atomic mass is 9.90. The Morgan fingerprint density at radius 1 is 1.24 bits per heavy atom. The lowest BCUT2D eigenvalue weighted by Gasteiger charge is -2.25. The fraction of sp³-hybridized carbons (Fsp3) is 0.188. The van der Waals surface area contributed by atoms with Gasteiger partial charge in [0.15, 0.2) is 0 Å². The smallest absolute Gasteiger partial charge is 0.233 e. The quantitative estimate of drug-likeness (QED) is 0.894. The maximum Gasteiger partial charge on any atom is 0.233 e. The average Bonchev–Trinajstić information content (AvgIpc) is 2.50. The minimum absolute atomic E-state index is 0.0345. The Morgan fingerprint density at radius 2 is 2.05 bits per heavy atom. The summed E-state index contributed by atoms with van der Waals surface area (Å²) in [6.45, 7) is 1.26. The van der Waals surface area contributed by atoms with Crippen molar-refractivity contribution in [2.24, 2.45) is 0 Å². The standard InChI is InChI=1S/C16H14ClFN2O/c17-13-6-3-7-14(18)15(13)20-16(21)12-9-19-8-10-4-1-2-5-11(10)12/h1-7,12,19H,8-9H2,(H,20,21). The van der Waals surface area contributed by atoms with Gasteiger partial charge in [-0.2, -0.15) is 0 Å². The summed E-state index contributed by atoms with van der Waals surface area (Å²) >= 11 is 5.94. The van der Waals surface area contributed by atoms with Crippen LogP contribution in [0.3, 0.4) is 0 Å². The third-order valence-electron chi connectivity index (χ3n) is 3.62. The third kappa shape index (κ3) is 2.77. The largest absolute Gasteiger partial charge is 0.322 e. The van der Waals surface area contributed by atoms with E-state index in [1.165, 1.54) is 12.1 Å². The van der Waals surface area contributed by atoms with Crippen molar-refractivity contribution >= 4 is 23.2 Å². The van der Waals surface area contributed by atoms with Gasteiger partial charge in [0, 0.05) is 13.1 Å². The van der Waals surface area contributed by atoms with Crippen molar-refractivity contribution in [1.82, 2.24) is 5.32 Å². The summed E-state index contributed by atoms with van der Waals surface area (Å²) in [5.41, 5.74) is 2.09. The van der Waals surface area contributed by atoms with Crippen LogP contribution in [0, 0.1) is 5.82 Å². The molecule has 2 aromatic rings. The van der Waals surface area contributed by atoms with Gasteiger partial charge in [0.2, 0.25) is 5.91 Å². The highest BCUT2D eigenvalue weighted by Gasteiger charge is 2.27. The summed E-state index contributed by atoms with van der Waals surface area (Å²) in [4.78, 5) is 12.5. The number of hydrogen-bond donors (Lipinski definition) is 2. The lowest BCUT2D eigenvalue weighted by molar-refractivity contribution is -0.117. The van der Waals surface area contributed by atoms with E-state index in [9.17, 15) is 9.18 Å². The van der Waals surface area contributed by atoms with Crippen molar-refractivity contribution in [2.75, 3.05) is 11.9 Å². The van der Waals surface area contributed by atoms with Gasteiger partial charge < -0.3 is 10.6 Å². The molecule has 0 spiro atoms. The lowest BCUT2D eigenvalue weighted by Crippen LogP contribution is -2.35. The molecule has 1 atom stereocenters. The highest BCUT2D eigenvalue weighted by molar-refractivity contribution is 6.33. The van der Waals surface area contributed by atoms with E-state index >= 15 is 0 Å². The Hall–Kier alpha value is -1.91. The van der Waals surface area contributed by atoms with Crippen LogP contribution in [-0.4, -0.2) is 12.5 Å². The first-order valence-corrected chi connectivity index (χ1v) is 7.08. The van der Waals surface area contributed by atoms with Crippen molar-refractivity contribution in [3.05, 3.63) is 64.4 Å². The Kier molecular flexibility index (Phi) is 3.90. The number of halogens is 2. The summed E-state index contributed by atoms with van der Waals surface area (Å²) in [5.74, 6) is -1.15. The number of nitrogens with one attached hydrogen (secondary N) is 2. The first-order valence-electron chi connectivity index (χ1n) is 6.70. The Morgan fingerprint density at radius 3 is 2.86 bits per heavy atom. The number of carbonyl (C=O) groups is 1. The fourth-order valence-electron chi connectivity index (χ4n) is 2.56. The highest BCUT2D eigenvalue weighted by atomic mass is 35.5. The van der Waals surface area contributed by atoms with Gasteiger partial charge in [-0.3, -0.25) is 4.79 Å². The summed E-state index contributed by atoms with van der Waals surface area (Å²) < 4.78 is 13.8. The van der Waals surface area contributed by atoms with Crippen molar-refractivity contribution in [1.29, 1.82) is 0 Å². The van der Waals surface area contributed by atoms with Crippen molar-refractivity contribution in [3.8, 4) is 0 Å². The molecule has 1 amide bonds. The van der Waals surface area contributed by atoms with E-state index in [-0.39, 0.29) is 22.5 Å². The molecule has 0 aromatic heterocycles. The number of para-hydroxylation sites is 1. The fourth-order valence-corrected chi connectivity index (χ4v) is 2.77. The average molecular weight is 305 g/mol. The molecule has 2 aromatic carbocycles. The van der Waals surface area contributed by atoms with E-state index in [1.54, 1.807) is 6.07 Å². The van der Waals surface area contributed by atoms with E-state index in [0.29, 0.717) is 6.54 Å². The molecule has 1 aliphatic rings. The molecule has 0 fully saturated rings. The van der Waals surface area contributed by atoms with Gasteiger partial charge >= 0.3 is 0 Å². The molecule has 2 N–H and O–H groups in total. The van der Waals surface area contributed by atoms with Gasteiger partial charge in [0.25, 0.3) is 0 Å². The van der Waals surface area contributed by atoms with Gasteiger partial charge in [-0.25, -0.2) is 4.39 Å². The van der Waals surface area contributed by atoms with Crippen LogP contribution in [0.15, 0.2) is 42.5 Å². The maximum atomic E-state index is 13.8.